The molecule has 1 aromatic heterocycles. The molecule has 1 saturated carbocycles. The van der Waals surface area contributed by atoms with E-state index in [1.807, 2.05) is 19.9 Å². The van der Waals surface area contributed by atoms with E-state index in [-0.39, 0.29) is 5.97 Å². The Kier molecular flexibility index (Phi) is 4.42. The van der Waals surface area contributed by atoms with Crippen molar-refractivity contribution in [2.24, 2.45) is 0 Å². The van der Waals surface area contributed by atoms with Crippen LogP contribution >= 0.6 is 11.8 Å². The Balaban J connectivity index is 2.01. The largest absolute Gasteiger partial charge is 0.468 e. The average Bonchev–Trinajstić information content (AvgIpc) is 3.19. The van der Waals surface area contributed by atoms with Gasteiger partial charge in [0.25, 0.3) is 0 Å². The number of rotatable bonds is 6. The summed E-state index contributed by atoms with van der Waals surface area (Å²) in [5, 5.41) is 4.04. The van der Waals surface area contributed by atoms with Gasteiger partial charge in [0.15, 0.2) is 5.16 Å². The number of aryl methyl sites for hydroxylation is 1. The quantitative estimate of drug-likeness (QED) is 0.485. The average molecular weight is 281 g/mol. The molecule has 2 rings (SSSR count). The van der Waals surface area contributed by atoms with Crippen molar-refractivity contribution in [3.63, 3.8) is 0 Å². The lowest BCUT2D eigenvalue weighted by Gasteiger charge is -2.27. The fourth-order valence-corrected chi connectivity index (χ4v) is 2.73. The summed E-state index contributed by atoms with van der Waals surface area (Å²) in [7, 11) is 1.42. The maximum absolute atomic E-state index is 11.9. The van der Waals surface area contributed by atoms with Crippen molar-refractivity contribution in [2.75, 3.05) is 12.9 Å². The smallest absolute Gasteiger partial charge is 0.326 e. The molecule has 1 aliphatic rings. The van der Waals surface area contributed by atoms with Crippen LogP contribution in [-0.4, -0.2) is 40.4 Å². The Morgan fingerprint density at radius 3 is 2.95 bits per heavy atom. The van der Waals surface area contributed by atoms with Crippen LogP contribution in [-0.2, 0) is 9.53 Å². The Morgan fingerprint density at radius 1 is 1.63 bits per heavy atom. The Hall–Kier alpha value is -1.14. The zero-order valence-electron chi connectivity index (χ0n) is 11.5. The lowest BCUT2D eigenvalue weighted by Crippen LogP contribution is -2.53. The number of esters is 1. The third-order valence-corrected chi connectivity index (χ3v) is 4.18. The third kappa shape index (κ3) is 3.91. The first-order chi connectivity index (χ1) is 9.03. The number of nitrogens with one attached hydrogen (secondary N) is 1. The van der Waals surface area contributed by atoms with Gasteiger partial charge in [0.05, 0.1) is 7.11 Å². The first-order valence-electron chi connectivity index (χ1n) is 6.32. The molecule has 1 unspecified atom stereocenters. The van der Waals surface area contributed by atoms with Crippen LogP contribution in [0.25, 0.3) is 0 Å². The number of nitrogens with zero attached hydrogens (tertiary/aromatic N) is 2. The van der Waals surface area contributed by atoms with E-state index < -0.39 is 5.54 Å². The molecule has 104 valence electrons. The predicted molar refractivity (Wildman–Crippen MR) is 74.1 cm³/mol. The highest BCUT2D eigenvalue weighted by atomic mass is 32.2. The summed E-state index contributed by atoms with van der Waals surface area (Å²) in [6.07, 6.45) is 3.98. The zero-order valence-corrected chi connectivity index (χ0v) is 12.3. The minimum atomic E-state index is -0.687. The number of ether oxygens (including phenoxy) is 1. The van der Waals surface area contributed by atoms with Gasteiger partial charge in [-0.15, -0.1) is 0 Å². The van der Waals surface area contributed by atoms with Gasteiger partial charge in [0.1, 0.15) is 5.54 Å². The number of hydrogen-bond acceptors (Lipinski definition) is 6. The van der Waals surface area contributed by atoms with Gasteiger partial charge in [0.2, 0.25) is 0 Å². The first kappa shape index (κ1) is 14.3. The molecule has 1 aliphatic carbocycles. The van der Waals surface area contributed by atoms with E-state index in [2.05, 4.69) is 15.3 Å². The van der Waals surface area contributed by atoms with E-state index in [1.54, 1.807) is 6.20 Å². The molecule has 0 aromatic carbocycles. The molecule has 5 nitrogen and oxygen atoms in total. The van der Waals surface area contributed by atoms with E-state index in [1.165, 1.54) is 18.9 Å². The molecule has 1 aromatic rings. The molecule has 0 spiro atoms. The summed E-state index contributed by atoms with van der Waals surface area (Å²) in [5.74, 6) is 0.319. The van der Waals surface area contributed by atoms with Crippen LogP contribution in [0.1, 0.15) is 25.5 Å². The van der Waals surface area contributed by atoms with Gasteiger partial charge in [-0.2, -0.15) is 0 Å². The molecule has 0 aliphatic heterocycles. The molecule has 6 heteroatoms. The van der Waals surface area contributed by atoms with Crippen LogP contribution < -0.4 is 5.32 Å². The molecule has 1 heterocycles. The second-order valence-corrected chi connectivity index (χ2v) is 5.95. The highest BCUT2D eigenvalue weighted by molar-refractivity contribution is 7.99. The molecular weight excluding hydrogens is 262 g/mol. The van der Waals surface area contributed by atoms with Gasteiger partial charge < -0.3 is 4.74 Å². The molecule has 0 amide bonds. The summed E-state index contributed by atoms with van der Waals surface area (Å²) in [6, 6.07) is 2.29. The molecule has 1 atom stereocenters. The van der Waals surface area contributed by atoms with Gasteiger partial charge in [-0.1, -0.05) is 11.8 Å². The summed E-state index contributed by atoms with van der Waals surface area (Å²) in [6.45, 7) is 3.80. The second-order valence-electron chi connectivity index (χ2n) is 5.01. The third-order valence-electron chi connectivity index (χ3n) is 3.00. The van der Waals surface area contributed by atoms with Crippen molar-refractivity contribution in [3.8, 4) is 0 Å². The summed E-state index contributed by atoms with van der Waals surface area (Å²) < 4.78 is 4.90. The lowest BCUT2D eigenvalue weighted by atomic mass is 10.1. The molecule has 19 heavy (non-hydrogen) atoms. The minimum absolute atomic E-state index is 0.237. The van der Waals surface area contributed by atoms with Crippen LogP contribution in [0, 0.1) is 6.92 Å². The molecule has 1 N–H and O–H groups in total. The van der Waals surface area contributed by atoms with Gasteiger partial charge in [-0.25, -0.2) is 9.97 Å². The van der Waals surface area contributed by atoms with Crippen molar-refractivity contribution in [2.45, 2.75) is 43.4 Å². The fraction of sp³-hybridized carbons (Fsp3) is 0.615. The standard InChI is InChI=1S/C13H19N3O2S/c1-9-6-7-14-12(15-9)19-8-13(2,11(17)18-3)16-10-4-5-10/h6-7,10,16H,4-5,8H2,1-3H3. The Bertz CT molecular complexity index is 465. The monoisotopic (exact) mass is 281 g/mol. The summed E-state index contributed by atoms with van der Waals surface area (Å²) in [5.41, 5.74) is 0.237. The van der Waals surface area contributed by atoms with E-state index in [4.69, 9.17) is 4.74 Å². The van der Waals surface area contributed by atoms with Gasteiger partial charge in [-0.3, -0.25) is 10.1 Å². The van der Waals surface area contributed by atoms with E-state index >= 15 is 0 Å². The van der Waals surface area contributed by atoms with Gasteiger partial charge in [-0.05, 0) is 32.8 Å². The number of carbonyl (C=O) groups excluding carboxylic acids is 1. The highest BCUT2D eigenvalue weighted by Crippen LogP contribution is 2.27. The molecule has 0 bridgehead atoms. The Labute approximate surface area is 117 Å². The number of hydrogen-bond donors (Lipinski definition) is 1. The van der Waals surface area contributed by atoms with Crippen LogP contribution in [0.2, 0.25) is 0 Å². The number of methoxy groups -OCH3 is 1. The number of aromatic nitrogens is 2. The Morgan fingerprint density at radius 2 is 2.37 bits per heavy atom. The van der Waals surface area contributed by atoms with Crippen LogP contribution in [0.5, 0.6) is 0 Å². The summed E-state index contributed by atoms with van der Waals surface area (Å²) in [4.78, 5) is 20.5. The minimum Gasteiger partial charge on any atom is -0.468 e. The van der Waals surface area contributed by atoms with Crippen molar-refractivity contribution in [1.29, 1.82) is 0 Å². The maximum atomic E-state index is 11.9. The van der Waals surface area contributed by atoms with Gasteiger partial charge in [0, 0.05) is 23.7 Å². The highest BCUT2D eigenvalue weighted by Gasteiger charge is 2.39. The summed E-state index contributed by atoms with van der Waals surface area (Å²) >= 11 is 1.47. The van der Waals surface area contributed by atoms with Crippen molar-refractivity contribution in [1.82, 2.24) is 15.3 Å². The first-order valence-corrected chi connectivity index (χ1v) is 7.30. The van der Waals surface area contributed by atoms with E-state index in [9.17, 15) is 4.79 Å². The van der Waals surface area contributed by atoms with E-state index in [0.717, 1.165) is 18.5 Å². The lowest BCUT2D eigenvalue weighted by molar-refractivity contribution is -0.147. The SMILES string of the molecule is COC(=O)C(C)(CSc1nccc(C)n1)NC1CC1. The molecule has 0 saturated heterocycles. The predicted octanol–water partition coefficient (Wildman–Crippen LogP) is 1.56. The van der Waals surface area contributed by atoms with Crippen LogP contribution in [0.4, 0.5) is 0 Å². The zero-order chi connectivity index (χ0) is 13.9. The maximum Gasteiger partial charge on any atom is 0.326 e. The van der Waals surface area contributed by atoms with Crippen molar-refractivity contribution >= 4 is 17.7 Å². The topological polar surface area (TPSA) is 64.1 Å². The van der Waals surface area contributed by atoms with E-state index in [0.29, 0.717) is 17.0 Å². The molecule has 1 fully saturated rings. The van der Waals surface area contributed by atoms with Crippen molar-refractivity contribution in [3.05, 3.63) is 18.0 Å². The van der Waals surface area contributed by atoms with Crippen LogP contribution in [0.3, 0.4) is 0 Å². The van der Waals surface area contributed by atoms with Crippen LogP contribution in [0.15, 0.2) is 17.4 Å². The second kappa shape index (κ2) is 5.88. The number of carbonyl (C=O) groups is 1. The molecular formula is C13H19N3O2S. The van der Waals surface area contributed by atoms with Crippen molar-refractivity contribution < 1.29 is 9.53 Å². The normalized spacial score (nSPS) is 17.8. The van der Waals surface area contributed by atoms with Gasteiger partial charge >= 0.3 is 5.97 Å². The molecule has 0 radical (unpaired) electrons. The number of thioether (sulfide) groups is 1. The fourth-order valence-electron chi connectivity index (χ4n) is 1.77.